The number of imidazole rings is 1. The van der Waals surface area contributed by atoms with Gasteiger partial charge in [0.05, 0.1) is 12.5 Å². The van der Waals surface area contributed by atoms with Crippen LogP contribution in [0.25, 0.3) is 5.82 Å². The molecule has 0 aliphatic rings. The molecular formula is C11H12N4O3. The molecule has 2 aromatic rings. The average molecular weight is 248 g/mol. The second-order valence-corrected chi connectivity index (χ2v) is 3.87. The Bertz CT molecular complexity index is 585. The molecule has 0 amide bonds. The highest BCUT2D eigenvalue weighted by molar-refractivity contribution is 5.77. The van der Waals surface area contributed by atoms with Crippen molar-refractivity contribution in [3.63, 3.8) is 0 Å². The van der Waals surface area contributed by atoms with Gasteiger partial charge in [0, 0.05) is 19.7 Å². The van der Waals surface area contributed by atoms with Gasteiger partial charge in [0.15, 0.2) is 12.1 Å². The minimum Gasteiger partial charge on any atom is -0.481 e. The van der Waals surface area contributed by atoms with Gasteiger partial charge in [0.1, 0.15) is 5.69 Å². The first kappa shape index (κ1) is 12.0. The van der Waals surface area contributed by atoms with Crippen LogP contribution in [0.3, 0.4) is 0 Å². The lowest BCUT2D eigenvalue weighted by Gasteiger charge is -1.98. The smallest absolute Gasteiger partial charge is 0.303 e. The van der Waals surface area contributed by atoms with Crippen LogP contribution in [0.5, 0.6) is 0 Å². The van der Waals surface area contributed by atoms with E-state index >= 15 is 0 Å². The van der Waals surface area contributed by atoms with Crippen LogP contribution in [-0.4, -0.2) is 36.7 Å². The van der Waals surface area contributed by atoms with Crippen LogP contribution < -0.4 is 0 Å². The van der Waals surface area contributed by atoms with Crippen molar-refractivity contribution in [2.45, 2.75) is 12.8 Å². The topological polar surface area (TPSA) is 90.0 Å². The molecule has 94 valence electrons. The van der Waals surface area contributed by atoms with E-state index in [0.717, 1.165) is 5.56 Å². The fourth-order valence-corrected chi connectivity index (χ4v) is 1.60. The van der Waals surface area contributed by atoms with Crippen molar-refractivity contribution >= 4 is 12.3 Å². The first-order valence-electron chi connectivity index (χ1n) is 5.34. The Balaban J connectivity index is 2.23. The molecule has 0 bridgehead atoms. The van der Waals surface area contributed by atoms with E-state index in [1.54, 1.807) is 24.0 Å². The summed E-state index contributed by atoms with van der Waals surface area (Å²) in [5.74, 6) is -0.414. The van der Waals surface area contributed by atoms with Gasteiger partial charge < -0.3 is 9.67 Å². The lowest BCUT2D eigenvalue weighted by molar-refractivity contribution is -0.136. The van der Waals surface area contributed by atoms with Gasteiger partial charge in [-0.25, -0.2) is 9.67 Å². The average Bonchev–Trinajstić information content (AvgIpc) is 2.92. The Kier molecular flexibility index (Phi) is 3.22. The quantitative estimate of drug-likeness (QED) is 0.775. The van der Waals surface area contributed by atoms with E-state index in [1.165, 1.54) is 11.0 Å². The number of hydrogen-bond donors (Lipinski definition) is 1. The molecule has 0 spiro atoms. The molecule has 1 N–H and O–H groups in total. The van der Waals surface area contributed by atoms with Gasteiger partial charge in [-0.1, -0.05) is 0 Å². The van der Waals surface area contributed by atoms with Crippen LogP contribution in [0.1, 0.15) is 22.5 Å². The maximum atomic E-state index is 10.9. The van der Waals surface area contributed by atoms with E-state index in [0.29, 0.717) is 24.2 Å². The second kappa shape index (κ2) is 4.82. The summed E-state index contributed by atoms with van der Waals surface area (Å²) < 4.78 is 3.07. The SMILES string of the molecule is Cn1cnc(-n2cc(CCC(=O)O)cn2)c1C=O. The summed E-state index contributed by atoms with van der Waals surface area (Å²) in [7, 11) is 1.72. The summed E-state index contributed by atoms with van der Waals surface area (Å²) in [6, 6.07) is 0. The normalized spacial score (nSPS) is 10.5. The minimum absolute atomic E-state index is 0.0500. The lowest BCUT2D eigenvalue weighted by atomic mass is 10.2. The molecule has 0 aromatic carbocycles. The van der Waals surface area contributed by atoms with Crippen LogP contribution in [0.4, 0.5) is 0 Å². The number of aliphatic carboxylic acids is 1. The van der Waals surface area contributed by atoms with Gasteiger partial charge in [-0.3, -0.25) is 9.59 Å². The van der Waals surface area contributed by atoms with Gasteiger partial charge in [-0.15, -0.1) is 0 Å². The number of carboxylic acid groups (broad SMARTS) is 1. The number of hydrogen-bond acceptors (Lipinski definition) is 4. The van der Waals surface area contributed by atoms with Crippen LogP contribution in [0, 0.1) is 0 Å². The fourth-order valence-electron chi connectivity index (χ4n) is 1.60. The van der Waals surface area contributed by atoms with Gasteiger partial charge in [0.2, 0.25) is 0 Å². The van der Waals surface area contributed by atoms with Crippen molar-refractivity contribution in [1.82, 2.24) is 19.3 Å². The van der Waals surface area contributed by atoms with E-state index in [4.69, 9.17) is 5.11 Å². The minimum atomic E-state index is -0.853. The Morgan fingerprint density at radius 1 is 1.56 bits per heavy atom. The molecule has 0 saturated carbocycles. The highest BCUT2D eigenvalue weighted by Crippen LogP contribution is 2.11. The Labute approximate surface area is 103 Å². The molecule has 2 aromatic heterocycles. The summed E-state index contributed by atoms with van der Waals surface area (Å²) in [5.41, 5.74) is 1.21. The predicted octanol–water partition coefficient (Wildman–Crippen LogP) is 0.435. The van der Waals surface area contributed by atoms with Crippen molar-refractivity contribution in [3.8, 4) is 5.82 Å². The van der Waals surface area contributed by atoms with Gasteiger partial charge in [-0.05, 0) is 12.0 Å². The molecule has 0 unspecified atom stereocenters. The second-order valence-electron chi connectivity index (χ2n) is 3.87. The Morgan fingerprint density at radius 2 is 2.33 bits per heavy atom. The van der Waals surface area contributed by atoms with Crippen molar-refractivity contribution < 1.29 is 14.7 Å². The van der Waals surface area contributed by atoms with E-state index in [9.17, 15) is 9.59 Å². The van der Waals surface area contributed by atoms with Crippen molar-refractivity contribution in [2.75, 3.05) is 0 Å². The molecule has 7 heteroatoms. The number of carboxylic acids is 1. The maximum absolute atomic E-state index is 10.9. The van der Waals surface area contributed by atoms with E-state index in [-0.39, 0.29) is 6.42 Å². The third-order valence-electron chi connectivity index (χ3n) is 2.55. The number of rotatable bonds is 5. The highest BCUT2D eigenvalue weighted by atomic mass is 16.4. The molecule has 0 saturated heterocycles. The number of nitrogens with zero attached hydrogens (tertiary/aromatic N) is 4. The monoisotopic (exact) mass is 248 g/mol. The van der Waals surface area contributed by atoms with Crippen LogP contribution in [-0.2, 0) is 18.3 Å². The first-order chi connectivity index (χ1) is 8.61. The number of aromatic nitrogens is 4. The standard InChI is InChI=1S/C11H12N4O3/c1-14-7-12-11(9(14)6-16)15-5-8(4-13-15)2-3-10(17)18/h4-7H,2-3H2,1H3,(H,17,18). The number of aldehydes is 1. The fraction of sp³-hybridized carbons (Fsp3) is 0.273. The van der Waals surface area contributed by atoms with Crippen molar-refractivity contribution in [1.29, 1.82) is 0 Å². The molecule has 0 fully saturated rings. The summed E-state index contributed by atoms with van der Waals surface area (Å²) in [5, 5.41) is 12.7. The molecule has 2 rings (SSSR count). The van der Waals surface area contributed by atoms with Crippen molar-refractivity contribution in [3.05, 3.63) is 30.0 Å². The maximum Gasteiger partial charge on any atom is 0.303 e. The van der Waals surface area contributed by atoms with Gasteiger partial charge in [-0.2, -0.15) is 5.10 Å². The Morgan fingerprint density at radius 3 is 3.00 bits per heavy atom. The first-order valence-corrected chi connectivity index (χ1v) is 5.34. The van der Waals surface area contributed by atoms with Crippen LogP contribution in [0.2, 0.25) is 0 Å². The predicted molar refractivity (Wildman–Crippen MR) is 61.7 cm³/mol. The summed E-state index contributed by atoms with van der Waals surface area (Å²) >= 11 is 0. The Hall–Kier alpha value is -2.44. The van der Waals surface area contributed by atoms with Gasteiger partial charge >= 0.3 is 5.97 Å². The molecule has 0 atom stereocenters. The largest absolute Gasteiger partial charge is 0.481 e. The van der Waals surface area contributed by atoms with Gasteiger partial charge in [0.25, 0.3) is 0 Å². The summed E-state index contributed by atoms with van der Waals surface area (Å²) in [4.78, 5) is 25.5. The zero-order valence-corrected chi connectivity index (χ0v) is 9.78. The van der Waals surface area contributed by atoms with E-state index < -0.39 is 5.97 Å². The third-order valence-corrected chi connectivity index (χ3v) is 2.55. The molecule has 2 heterocycles. The molecular weight excluding hydrogens is 236 g/mol. The highest BCUT2D eigenvalue weighted by Gasteiger charge is 2.11. The number of aryl methyl sites for hydroxylation is 2. The molecule has 18 heavy (non-hydrogen) atoms. The summed E-state index contributed by atoms with van der Waals surface area (Å²) in [6.45, 7) is 0. The van der Waals surface area contributed by atoms with Crippen LogP contribution >= 0.6 is 0 Å². The van der Waals surface area contributed by atoms with Crippen LogP contribution in [0.15, 0.2) is 18.7 Å². The molecule has 0 aliphatic heterocycles. The van der Waals surface area contributed by atoms with E-state index in [1.807, 2.05) is 0 Å². The zero-order chi connectivity index (χ0) is 13.1. The molecule has 7 nitrogen and oxygen atoms in total. The number of carbonyl (C=O) groups is 2. The number of carbonyl (C=O) groups excluding carboxylic acids is 1. The van der Waals surface area contributed by atoms with E-state index in [2.05, 4.69) is 10.1 Å². The lowest BCUT2D eigenvalue weighted by Crippen LogP contribution is -2.02. The molecule has 0 radical (unpaired) electrons. The summed E-state index contributed by atoms with van der Waals surface area (Å²) in [6.07, 6.45) is 5.94. The third kappa shape index (κ3) is 2.29. The molecule has 0 aliphatic carbocycles. The van der Waals surface area contributed by atoms with Crippen molar-refractivity contribution in [2.24, 2.45) is 7.05 Å². The zero-order valence-electron chi connectivity index (χ0n) is 9.78.